The van der Waals surface area contributed by atoms with Crippen LogP contribution in [0.5, 0.6) is 0 Å². The zero-order chi connectivity index (χ0) is 18.1. The maximum atomic E-state index is 6.27. The van der Waals surface area contributed by atoms with E-state index in [-0.39, 0.29) is 0 Å². The van der Waals surface area contributed by atoms with Gasteiger partial charge in [0.15, 0.2) is 0 Å². The van der Waals surface area contributed by atoms with Crippen molar-refractivity contribution in [2.24, 2.45) is 0 Å². The van der Waals surface area contributed by atoms with Crippen LogP contribution in [0.2, 0.25) is 10.0 Å². The third kappa shape index (κ3) is 3.36. The average Bonchev–Trinajstić information content (AvgIpc) is 2.64. The molecule has 0 saturated heterocycles. The average molecular weight is 380 g/mol. The zero-order valence-corrected chi connectivity index (χ0v) is 15.5. The van der Waals surface area contributed by atoms with E-state index in [1.54, 1.807) is 12.1 Å². The highest BCUT2D eigenvalue weighted by atomic mass is 35.5. The van der Waals surface area contributed by atoms with Gasteiger partial charge in [-0.1, -0.05) is 65.2 Å². The van der Waals surface area contributed by atoms with Crippen LogP contribution in [0.15, 0.2) is 66.7 Å². The number of aryl methyl sites for hydroxylation is 1. The molecule has 0 aliphatic heterocycles. The Balaban J connectivity index is 1.87. The maximum absolute atomic E-state index is 6.27. The molecule has 1 aromatic heterocycles. The summed E-state index contributed by atoms with van der Waals surface area (Å²) in [4.78, 5) is 9.40. The first-order valence-electron chi connectivity index (χ1n) is 8.16. The third-order valence-corrected chi connectivity index (χ3v) is 4.62. The van der Waals surface area contributed by atoms with Crippen molar-refractivity contribution in [3.63, 3.8) is 0 Å². The first-order chi connectivity index (χ1) is 12.6. The summed E-state index contributed by atoms with van der Waals surface area (Å²) in [5.74, 6) is 0.490. The molecule has 0 spiro atoms. The SMILES string of the molecule is Cc1ccc2nc(Nc3ccc(Cl)cc3Cl)nc(-c3ccccc3)c2c1. The summed E-state index contributed by atoms with van der Waals surface area (Å²) in [6, 6.07) is 21.5. The molecule has 0 bridgehead atoms. The Kier molecular flexibility index (Phi) is 4.49. The molecule has 3 nitrogen and oxygen atoms in total. The number of hydrogen-bond acceptors (Lipinski definition) is 3. The van der Waals surface area contributed by atoms with E-state index in [1.165, 1.54) is 5.56 Å². The molecule has 26 heavy (non-hydrogen) atoms. The number of anilines is 2. The Bertz CT molecular complexity index is 1100. The van der Waals surface area contributed by atoms with Crippen molar-refractivity contribution in [3.05, 3.63) is 82.3 Å². The number of benzene rings is 3. The molecule has 0 aliphatic carbocycles. The maximum Gasteiger partial charge on any atom is 0.228 e. The Morgan fingerprint density at radius 3 is 2.42 bits per heavy atom. The molecule has 3 aromatic carbocycles. The van der Waals surface area contributed by atoms with Gasteiger partial charge in [-0.3, -0.25) is 0 Å². The van der Waals surface area contributed by atoms with Crippen LogP contribution in [-0.2, 0) is 0 Å². The van der Waals surface area contributed by atoms with Gasteiger partial charge in [0.1, 0.15) is 0 Å². The summed E-state index contributed by atoms with van der Waals surface area (Å²) >= 11 is 12.2. The minimum atomic E-state index is 0.490. The topological polar surface area (TPSA) is 37.8 Å². The van der Waals surface area contributed by atoms with Crippen LogP contribution in [0.3, 0.4) is 0 Å². The highest BCUT2D eigenvalue weighted by Crippen LogP contribution is 2.31. The normalized spacial score (nSPS) is 10.9. The van der Waals surface area contributed by atoms with Gasteiger partial charge in [-0.15, -0.1) is 0 Å². The Hall–Kier alpha value is -2.62. The summed E-state index contributed by atoms with van der Waals surface area (Å²) in [5, 5.41) is 5.32. The predicted octanol–water partition coefficient (Wildman–Crippen LogP) is 6.66. The smallest absolute Gasteiger partial charge is 0.228 e. The lowest BCUT2D eigenvalue weighted by molar-refractivity contribution is 1.21. The van der Waals surface area contributed by atoms with Crippen LogP contribution in [0, 0.1) is 6.92 Å². The van der Waals surface area contributed by atoms with Gasteiger partial charge in [0.25, 0.3) is 0 Å². The van der Waals surface area contributed by atoms with Crippen molar-refractivity contribution in [1.82, 2.24) is 9.97 Å². The lowest BCUT2D eigenvalue weighted by Gasteiger charge is -2.12. The first kappa shape index (κ1) is 16.8. The van der Waals surface area contributed by atoms with Gasteiger partial charge in [0.05, 0.1) is 21.9 Å². The van der Waals surface area contributed by atoms with Crippen LogP contribution in [0.4, 0.5) is 11.6 Å². The van der Waals surface area contributed by atoms with Crippen molar-refractivity contribution < 1.29 is 0 Å². The first-order valence-corrected chi connectivity index (χ1v) is 8.92. The van der Waals surface area contributed by atoms with Crippen molar-refractivity contribution in [3.8, 4) is 11.3 Å². The molecular formula is C21H15Cl2N3. The second-order valence-corrected chi connectivity index (χ2v) is 6.88. The molecule has 0 amide bonds. The van der Waals surface area contributed by atoms with Gasteiger partial charge in [-0.25, -0.2) is 9.97 Å². The summed E-state index contributed by atoms with van der Waals surface area (Å²) in [7, 11) is 0. The monoisotopic (exact) mass is 379 g/mol. The van der Waals surface area contributed by atoms with Crippen molar-refractivity contribution in [2.45, 2.75) is 6.92 Å². The minimum Gasteiger partial charge on any atom is -0.323 e. The molecule has 0 unspecified atom stereocenters. The van der Waals surface area contributed by atoms with Gasteiger partial charge in [0.2, 0.25) is 5.95 Å². The molecule has 0 fully saturated rings. The van der Waals surface area contributed by atoms with Crippen molar-refractivity contribution in [2.75, 3.05) is 5.32 Å². The Labute approximate surface area is 161 Å². The third-order valence-electron chi connectivity index (χ3n) is 4.08. The lowest BCUT2D eigenvalue weighted by atomic mass is 10.0. The molecule has 1 N–H and O–H groups in total. The summed E-state index contributed by atoms with van der Waals surface area (Å²) in [6.07, 6.45) is 0. The van der Waals surface area contributed by atoms with E-state index in [0.717, 1.165) is 22.2 Å². The van der Waals surface area contributed by atoms with Crippen LogP contribution in [-0.4, -0.2) is 9.97 Å². The summed E-state index contributed by atoms with van der Waals surface area (Å²) < 4.78 is 0. The molecule has 4 rings (SSSR count). The quantitative estimate of drug-likeness (QED) is 0.432. The highest BCUT2D eigenvalue weighted by Gasteiger charge is 2.11. The fraction of sp³-hybridized carbons (Fsp3) is 0.0476. The molecule has 4 aromatic rings. The van der Waals surface area contributed by atoms with E-state index in [9.17, 15) is 0 Å². The van der Waals surface area contributed by atoms with Crippen LogP contribution >= 0.6 is 23.2 Å². The van der Waals surface area contributed by atoms with Gasteiger partial charge in [0, 0.05) is 16.0 Å². The number of nitrogens with one attached hydrogen (secondary N) is 1. The highest BCUT2D eigenvalue weighted by molar-refractivity contribution is 6.36. The largest absolute Gasteiger partial charge is 0.323 e. The molecule has 0 radical (unpaired) electrons. The number of rotatable bonds is 3. The van der Waals surface area contributed by atoms with Gasteiger partial charge in [-0.2, -0.15) is 0 Å². The fourth-order valence-corrected chi connectivity index (χ4v) is 3.28. The molecule has 1 heterocycles. The number of nitrogens with zero attached hydrogens (tertiary/aromatic N) is 2. The van der Waals surface area contributed by atoms with Gasteiger partial charge >= 0.3 is 0 Å². The number of halogens is 2. The lowest BCUT2D eigenvalue weighted by Crippen LogP contribution is -2.00. The number of hydrogen-bond donors (Lipinski definition) is 1. The minimum absolute atomic E-state index is 0.490. The van der Waals surface area contributed by atoms with Crippen LogP contribution < -0.4 is 5.32 Å². The van der Waals surface area contributed by atoms with E-state index in [0.29, 0.717) is 21.7 Å². The second-order valence-electron chi connectivity index (χ2n) is 6.03. The molecular weight excluding hydrogens is 365 g/mol. The van der Waals surface area contributed by atoms with E-state index in [1.807, 2.05) is 48.5 Å². The zero-order valence-electron chi connectivity index (χ0n) is 14.0. The van der Waals surface area contributed by atoms with Crippen LogP contribution in [0.25, 0.3) is 22.2 Å². The molecule has 5 heteroatoms. The van der Waals surface area contributed by atoms with Crippen molar-refractivity contribution >= 4 is 45.7 Å². The Morgan fingerprint density at radius 1 is 0.846 bits per heavy atom. The van der Waals surface area contributed by atoms with E-state index in [4.69, 9.17) is 28.2 Å². The van der Waals surface area contributed by atoms with Crippen molar-refractivity contribution in [1.29, 1.82) is 0 Å². The van der Waals surface area contributed by atoms with Gasteiger partial charge < -0.3 is 5.32 Å². The van der Waals surface area contributed by atoms with E-state index >= 15 is 0 Å². The molecule has 0 atom stereocenters. The second kappa shape index (κ2) is 6.94. The number of fused-ring (bicyclic) bond motifs is 1. The molecule has 128 valence electrons. The van der Waals surface area contributed by atoms with Crippen LogP contribution in [0.1, 0.15) is 5.56 Å². The molecule has 0 aliphatic rings. The van der Waals surface area contributed by atoms with E-state index in [2.05, 4.69) is 23.3 Å². The number of aromatic nitrogens is 2. The van der Waals surface area contributed by atoms with Gasteiger partial charge in [-0.05, 0) is 37.3 Å². The van der Waals surface area contributed by atoms with E-state index < -0.39 is 0 Å². The predicted molar refractivity (Wildman–Crippen MR) is 109 cm³/mol. The summed E-state index contributed by atoms with van der Waals surface area (Å²) in [5.41, 5.74) is 4.67. The molecule has 0 saturated carbocycles. The standard InChI is InChI=1S/C21H15Cl2N3/c1-13-7-9-18-16(11-13)20(14-5-3-2-4-6-14)26-21(24-18)25-19-10-8-15(22)12-17(19)23/h2-12H,1H3,(H,24,25,26). The summed E-state index contributed by atoms with van der Waals surface area (Å²) in [6.45, 7) is 2.06. The fourth-order valence-electron chi connectivity index (χ4n) is 2.83. The Morgan fingerprint density at radius 2 is 1.65 bits per heavy atom.